The second-order valence-corrected chi connectivity index (χ2v) is 7.07. The molecule has 0 radical (unpaired) electrons. The van der Waals surface area contributed by atoms with Crippen LogP contribution >= 0.6 is 0 Å². The molecule has 0 bridgehead atoms. The number of benzene rings is 2. The number of fused-ring (bicyclic) bond motifs is 3. The van der Waals surface area contributed by atoms with Gasteiger partial charge in [0.25, 0.3) is 0 Å². The number of ether oxygens (including phenoxy) is 3. The third-order valence-electron chi connectivity index (χ3n) is 4.29. The van der Waals surface area contributed by atoms with Crippen molar-refractivity contribution < 1.29 is 54.6 Å². The first-order valence-electron chi connectivity index (χ1n) is 9.20. The number of carbonyl (C=O) groups excluding carboxylic acids is 2. The highest BCUT2D eigenvalue weighted by molar-refractivity contribution is 6.09. The summed E-state index contributed by atoms with van der Waals surface area (Å²) < 4.78 is 99.7. The number of esters is 2. The minimum absolute atomic E-state index is 0.161. The zero-order chi connectivity index (χ0) is 25.6. The standard InChI is InChI=1S/C22H14F6O6/c1-9(2)19(29)31-13-7-5-11-12-6-8-14(32-20(30)10(3)4)18(34-22(26,27)28)17(12)33-16(11)15(13)21(23,24)25/h5-8H,1,3H2,2,4H3. The van der Waals surface area contributed by atoms with Gasteiger partial charge in [-0.25, -0.2) is 9.59 Å². The van der Waals surface area contributed by atoms with Crippen LogP contribution in [0.25, 0.3) is 21.9 Å². The second kappa shape index (κ2) is 8.43. The predicted molar refractivity (Wildman–Crippen MR) is 106 cm³/mol. The Kier molecular flexibility index (Phi) is 6.12. The summed E-state index contributed by atoms with van der Waals surface area (Å²) in [5.74, 6) is -5.15. The van der Waals surface area contributed by atoms with Gasteiger partial charge < -0.3 is 18.6 Å². The number of carbonyl (C=O) groups is 2. The van der Waals surface area contributed by atoms with Crippen LogP contribution in [-0.4, -0.2) is 18.3 Å². The fourth-order valence-electron chi connectivity index (χ4n) is 2.86. The second-order valence-electron chi connectivity index (χ2n) is 7.07. The zero-order valence-electron chi connectivity index (χ0n) is 17.4. The average molecular weight is 488 g/mol. The Labute approximate surface area is 187 Å². The van der Waals surface area contributed by atoms with Gasteiger partial charge in [0.2, 0.25) is 5.75 Å². The highest BCUT2D eigenvalue weighted by Gasteiger charge is 2.41. The molecule has 34 heavy (non-hydrogen) atoms. The minimum atomic E-state index is -5.31. The number of furan rings is 1. The van der Waals surface area contributed by atoms with Gasteiger partial charge in [-0.2, -0.15) is 13.2 Å². The third kappa shape index (κ3) is 4.85. The molecule has 0 saturated carbocycles. The topological polar surface area (TPSA) is 75.0 Å². The Bertz CT molecular complexity index is 1350. The molecule has 6 nitrogen and oxygen atoms in total. The van der Waals surface area contributed by atoms with Crippen molar-refractivity contribution in [3.8, 4) is 17.2 Å². The Balaban J connectivity index is 2.35. The molecule has 180 valence electrons. The molecule has 0 amide bonds. The SMILES string of the molecule is C=C(C)C(=O)Oc1ccc2c(oc3c(C(F)(F)F)c(OC(=O)C(=C)C)ccc32)c1OC(F)(F)F. The van der Waals surface area contributed by atoms with Gasteiger partial charge in [-0.1, -0.05) is 13.2 Å². The first kappa shape index (κ1) is 24.7. The van der Waals surface area contributed by atoms with Crippen LogP contribution in [0.1, 0.15) is 19.4 Å². The van der Waals surface area contributed by atoms with Crippen LogP contribution < -0.4 is 14.2 Å². The molecular formula is C22H14F6O6. The van der Waals surface area contributed by atoms with Crippen molar-refractivity contribution in [3.05, 3.63) is 54.1 Å². The van der Waals surface area contributed by atoms with E-state index in [2.05, 4.69) is 17.9 Å². The van der Waals surface area contributed by atoms with E-state index in [1.165, 1.54) is 13.8 Å². The van der Waals surface area contributed by atoms with E-state index in [9.17, 15) is 35.9 Å². The number of hydrogen-bond donors (Lipinski definition) is 0. The molecular weight excluding hydrogens is 474 g/mol. The smallest absolute Gasteiger partial charge is 0.451 e. The highest BCUT2D eigenvalue weighted by atomic mass is 19.4. The fraction of sp³-hybridized carbons (Fsp3) is 0.182. The van der Waals surface area contributed by atoms with Crippen LogP contribution in [0.15, 0.2) is 53.0 Å². The highest BCUT2D eigenvalue weighted by Crippen LogP contribution is 2.48. The molecule has 3 aromatic rings. The summed E-state index contributed by atoms with van der Waals surface area (Å²) in [5, 5.41) is -0.477. The summed E-state index contributed by atoms with van der Waals surface area (Å²) >= 11 is 0. The zero-order valence-corrected chi connectivity index (χ0v) is 17.4. The molecule has 0 saturated heterocycles. The van der Waals surface area contributed by atoms with E-state index < -0.39 is 58.5 Å². The van der Waals surface area contributed by atoms with Gasteiger partial charge in [-0.05, 0) is 38.1 Å². The van der Waals surface area contributed by atoms with Gasteiger partial charge in [0.05, 0.1) is 0 Å². The van der Waals surface area contributed by atoms with Crippen LogP contribution in [0.5, 0.6) is 17.2 Å². The summed E-state index contributed by atoms with van der Waals surface area (Å²) in [6.45, 7) is 9.03. The van der Waals surface area contributed by atoms with E-state index in [1.54, 1.807) is 0 Å². The molecule has 0 aliphatic heterocycles. The van der Waals surface area contributed by atoms with Crippen molar-refractivity contribution in [1.82, 2.24) is 0 Å². The lowest BCUT2D eigenvalue weighted by Gasteiger charge is -2.13. The van der Waals surface area contributed by atoms with Gasteiger partial charge in [-0.3, -0.25) is 0 Å². The molecule has 3 rings (SSSR count). The summed E-state index contributed by atoms with van der Waals surface area (Å²) in [6.07, 6.45) is -10.5. The Hall–Kier alpha value is -3.96. The minimum Gasteiger partial charge on any atom is -0.451 e. The van der Waals surface area contributed by atoms with E-state index in [4.69, 9.17) is 13.9 Å². The largest absolute Gasteiger partial charge is 0.573 e. The van der Waals surface area contributed by atoms with Crippen LogP contribution in [0.2, 0.25) is 0 Å². The Morgan fingerprint density at radius 2 is 1.26 bits per heavy atom. The number of rotatable bonds is 5. The van der Waals surface area contributed by atoms with Gasteiger partial charge in [0, 0.05) is 21.9 Å². The van der Waals surface area contributed by atoms with Gasteiger partial charge in [0.1, 0.15) is 11.3 Å². The van der Waals surface area contributed by atoms with E-state index >= 15 is 0 Å². The number of halogens is 6. The summed E-state index contributed by atoms with van der Waals surface area (Å²) in [7, 11) is 0. The van der Waals surface area contributed by atoms with Gasteiger partial charge >= 0.3 is 24.5 Å². The lowest BCUT2D eigenvalue weighted by atomic mass is 10.1. The molecule has 0 aliphatic rings. The van der Waals surface area contributed by atoms with Crippen LogP contribution in [-0.2, 0) is 15.8 Å². The lowest BCUT2D eigenvalue weighted by molar-refractivity contribution is -0.274. The van der Waals surface area contributed by atoms with Crippen molar-refractivity contribution in [3.63, 3.8) is 0 Å². The summed E-state index contributed by atoms with van der Waals surface area (Å²) in [6, 6.07) is 3.88. The maximum Gasteiger partial charge on any atom is 0.573 e. The monoisotopic (exact) mass is 488 g/mol. The molecule has 0 fully saturated rings. The molecule has 0 spiro atoms. The van der Waals surface area contributed by atoms with Crippen LogP contribution in [0.4, 0.5) is 26.3 Å². The van der Waals surface area contributed by atoms with Gasteiger partial charge in [0.15, 0.2) is 16.9 Å². The molecule has 0 N–H and O–H groups in total. The lowest BCUT2D eigenvalue weighted by Crippen LogP contribution is -2.18. The maximum absolute atomic E-state index is 13.9. The normalized spacial score (nSPS) is 12.0. The fourth-order valence-corrected chi connectivity index (χ4v) is 2.86. The maximum atomic E-state index is 13.9. The molecule has 0 unspecified atom stereocenters. The predicted octanol–water partition coefficient (Wildman–Crippen LogP) is 6.47. The van der Waals surface area contributed by atoms with Crippen molar-refractivity contribution in [2.45, 2.75) is 26.4 Å². The van der Waals surface area contributed by atoms with Crippen molar-refractivity contribution in [2.75, 3.05) is 0 Å². The Morgan fingerprint density at radius 1 is 0.794 bits per heavy atom. The van der Waals surface area contributed by atoms with E-state index in [0.717, 1.165) is 24.3 Å². The quantitative estimate of drug-likeness (QED) is 0.178. The molecule has 2 aromatic carbocycles. The number of alkyl halides is 6. The summed E-state index contributed by atoms with van der Waals surface area (Å²) in [4.78, 5) is 23.6. The van der Waals surface area contributed by atoms with Crippen LogP contribution in [0, 0.1) is 0 Å². The molecule has 0 aliphatic carbocycles. The first-order valence-corrected chi connectivity index (χ1v) is 9.20. The van der Waals surface area contributed by atoms with E-state index in [1.807, 2.05) is 0 Å². The molecule has 1 aromatic heterocycles. The molecule has 12 heteroatoms. The third-order valence-corrected chi connectivity index (χ3v) is 4.29. The van der Waals surface area contributed by atoms with Crippen LogP contribution in [0.3, 0.4) is 0 Å². The number of hydrogen-bond acceptors (Lipinski definition) is 6. The van der Waals surface area contributed by atoms with Crippen molar-refractivity contribution >= 4 is 33.9 Å². The molecule has 0 atom stereocenters. The first-order chi connectivity index (χ1) is 15.6. The van der Waals surface area contributed by atoms with Crippen molar-refractivity contribution in [1.29, 1.82) is 0 Å². The molecule has 1 heterocycles. The van der Waals surface area contributed by atoms with E-state index in [0.29, 0.717) is 0 Å². The average Bonchev–Trinajstić information content (AvgIpc) is 3.06. The van der Waals surface area contributed by atoms with Crippen molar-refractivity contribution in [2.24, 2.45) is 0 Å². The summed E-state index contributed by atoms with van der Waals surface area (Å²) in [5.41, 5.74) is -3.61. The Morgan fingerprint density at radius 3 is 1.74 bits per heavy atom. The van der Waals surface area contributed by atoms with E-state index in [-0.39, 0.29) is 21.9 Å². The van der Waals surface area contributed by atoms with Gasteiger partial charge in [-0.15, -0.1) is 13.2 Å².